The second-order valence-electron chi connectivity index (χ2n) is 10.5. The minimum Gasteiger partial charge on any atom is -0.444 e. The molecule has 0 saturated carbocycles. The molecule has 0 spiro atoms. The molecule has 2 aliphatic heterocycles. The molecule has 0 radical (unpaired) electrons. The van der Waals surface area contributed by atoms with E-state index in [1.54, 1.807) is 0 Å². The van der Waals surface area contributed by atoms with Gasteiger partial charge >= 0.3 is 6.09 Å². The third-order valence-electron chi connectivity index (χ3n) is 6.74. The highest BCUT2D eigenvalue weighted by molar-refractivity contribution is 5.83. The first-order chi connectivity index (χ1) is 16.3. The van der Waals surface area contributed by atoms with Gasteiger partial charge in [-0.05, 0) is 83.3 Å². The summed E-state index contributed by atoms with van der Waals surface area (Å²) in [5.74, 6) is 0.556. The lowest BCUT2D eigenvalue weighted by Crippen LogP contribution is -2.41. The zero-order valence-corrected chi connectivity index (χ0v) is 20.8. The van der Waals surface area contributed by atoms with Gasteiger partial charge in [-0.15, -0.1) is 0 Å². The molecule has 3 heterocycles. The number of carbonyl (C=O) groups excluding carboxylic acids is 1. The van der Waals surface area contributed by atoms with Gasteiger partial charge in [0.25, 0.3) is 0 Å². The van der Waals surface area contributed by atoms with E-state index in [1.165, 1.54) is 0 Å². The van der Waals surface area contributed by atoms with E-state index in [2.05, 4.69) is 17.3 Å². The molecular weight excluding hydrogens is 434 g/mol. The zero-order chi connectivity index (χ0) is 24.1. The molecule has 2 fully saturated rings. The number of nitrogens with two attached hydrogens (primary N) is 1. The predicted octanol–water partition coefficient (Wildman–Crippen LogP) is 4.91. The topological polar surface area (TPSA) is 100 Å². The number of benzene rings is 1. The lowest BCUT2D eigenvalue weighted by molar-refractivity contribution is -0.168. The predicted molar refractivity (Wildman–Crippen MR) is 129 cm³/mol. The van der Waals surface area contributed by atoms with Crippen molar-refractivity contribution in [1.82, 2.24) is 10.1 Å². The van der Waals surface area contributed by atoms with Gasteiger partial charge in [-0.3, -0.25) is 0 Å². The van der Waals surface area contributed by atoms with Crippen LogP contribution in [-0.2, 0) is 33.8 Å². The number of rotatable bonds is 7. The summed E-state index contributed by atoms with van der Waals surface area (Å²) in [4.78, 5) is 14.1. The Kier molecular flexibility index (Phi) is 8.11. The van der Waals surface area contributed by atoms with Crippen LogP contribution in [0.15, 0.2) is 16.7 Å². The van der Waals surface area contributed by atoms with Crippen molar-refractivity contribution in [3.8, 4) is 0 Å². The van der Waals surface area contributed by atoms with Crippen LogP contribution >= 0.6 is 0 Å². The van der Waals surface area contributed by atoms with Crippen LogP contribution in [0.2, 0.25) is 0 Å². The summed E-state index contributed by atoms with van der Waals surface area (Å²) in [5, 5.41) is 5.44. The second kappa shape index (κ2) is 11.1. The highest BCUT2D eigenvalue weighted by Crippen LogP contribution is 2.30. The van der Waals surface area contributed by atoms with E-state index >= 15 is 0 Å². The Morgan fingerprint density at radius 3 is 2.68 bits per heavy atom. The minimum atomic E-state index is -0.459. The molecule has 8 heteroatoms. The van der Waals surface area contributed by atoms with Crippen molar-refractivity contribution in [1.29, 1.82) is 0 Å². The average Bonchev–Trinajstić information content (AvgIpc) is 3.24. The molecule has 1 aromatic carbocycles. The van der Waals surface area contributed by atoms with Crippen molar-refractivity contribution in [2.24, 2.45) is 11.7 Å². The molecule has 2 saturated heterocycles. The molecule has 2 N–H and O–H groups in total. The number of fused-ring (bicyclic) bond motifs is 1. The Morgan fingerprint density at radius 2 is 2.00 bits per heavy atom. The van der Waals surface area contributed by atoms with E-state index in [9.17, 15) is 4.79 Å². The normalized spacial score (nSPS) is 20.1. The first kappa shape index (κ1) is 24.9. The van der Waals surface area contributed by atoms with Gasteiger partial charge in [-0.25, -0.2) is 4.79 Å². The highest BCUT2D eigenvalue weighted by atomic mass is 16.7. The van der Waals surface area contributed by atoms with E-state index in [-0.39, 0.29) is 12.4 Å². The quantitative estimate of drug-likeness (QED) is 0.610. The standard InChI is InChI=1S/C26H39N3O5/c1-26(2,3)33-25(30)29-13-11-18(12-14-29)7-10-22-20-9-8-19(16-27)21(24(20)34-28-22)17-32-23-6-4-5-15-31-23/h8-9,18,23H,4-7,10-17,27H2,1-3H3. The Bertz CT molecular complexity index is 953. The van der Waals surface area contributed by atoms with Gasteiger partial charge in [0.2, 0.25) is 0 Å². The van der Waals surface area contributed by atoms with Crippen molar-refractivity contribution in [3.63, 3.8) is 0 Å². The summed E-state index contributed by atoms with van der Waals surface area (Å²) in [6.45, 7) is 8.76. The van der Waals surface area contributed by atoms with Gasteiger partial charge < -0.3 is 29.4 Å². The number of hydrogen-bond acceptors (Lipinski definition) is 7. The second-order valence-corrected chi connectivity index (χ2v) is 10.5. The third kappa shape index (κ3) is 6.29. The molecule has 0 bridgehead atoms. The van der Waals surface area contributed by atoms with E-state index in [0.29, 0.717) is 19.1 Å². The van der Waals surface area contributed by atoms with Gasteiger partial charge in [0, 0.05) is 37.2 Å². The van der Waals surface area contributed by atoms with Crippen molar-refractivity contribution in [2.45, 2.75) is 90.8 Å². The number of carbonyl (C=O) groups is 1. The summed E-state index contributed by atoms with van der Waals surface area (Å²) >= 11 is 0. The van der Waals surface area contributed by atoms with Crippen LogP contribution in [-0.4, -0.2) is 47.7 Å². The summed E-state index contributed by atoms with van der Waals surface area (Å²) in [6, 6.07) is 4.12. The number of piperidine rings is 1. The molecule has 188 valence electrons. The summed E-state index contributed by atoms with van der Waals surface area (Å²) in [6.07, 6.45) is 6.59. The molecule has 0 aliphatic carbocycles. The van der Waals surface area contributed by atoms with Gasteiger partial charge in [0.05, 0.1) is 12.3 Å². The van der Waals surface area contributed by atoms with Gasteiger partial charge in [-0.1, -0.05) is 11.2 Å². The van der Waals surface area contributed by atoms with E-state index in [1.807, 2.05) is 25.7 Å². The first-order valence-corrected chi connectivity index (χ1v) is 12.6. The van der Waals surface area contributed by atoms with Gasteiger partial charge in [-0.2, -0.15) is 0 Å². The smallest absolute Gasteiger partial charge is 0.410 e. The lowest BCUT2D eigenvalue weighted by Gasteiger charge is -2.33. The van der Waals surface area contributed by atoms with Gasteiger partial charge in [0.1, 0.15) is 5.60 Å². The van der Waals surface area contributed by atoms with Crippen molar-refractivity contribution in [2.75, 3.05) is 19.7 Å². The fraction of sp³-hybridized carbons (Fsp3) is 0.692. The average molecular weight is 474 g/mol. The number of likely N-dealkylation sites (tertiary alicyclic amines) is 1. The zero-order valence-electron chi connectivity index (χ0n) is 20.8. The van der Waals surface area contributed by atoms with Crippen molar-refractivity contribution in [3.05, 3.63) is 29.0 Å². The van der Waals surface area contributed by atoms with Crippen molar-refractivity contribution < 1.29 is 23.5 Å². The largest absolute Gasteiger partial charge is 0.444 e. The van der Waals surface area contributed by atoms with Crippen molar-refractivity contribution >= 4 is 17.1 Å². The SMILES string of the molecule is CC(C)(C)OC(=O)N1CCC(CCc2noc3c(COC4CCCCO4)c(CN)ccc23)CC1. The van der Waals surface area contributed by atoms with Crippen LogP contribution in [0.1, 0.15) is 76.1 Å². The summed E-state index contributed by atoms with van der Waals surface area (Å²) < 4.78 is 23.1. The Labute approximate surface area is 202 Å². The van der Waals surface area contributed by atoms with E-state index in [4.69, 9.17) is 24.5 Å². The molecule has 2 aromatic rings. The lowest BCUT2D eigenvalue weighted by atomic mass is 9.91. The number of nitrogens with zero attached hydrogens (tertiary/aromatic N) is 2. The number of aryl methyl sites for hydroxylation is 1. The van der Waals surface area contributed by atoms with Crippen LogP contribution in [0.5, 0.6) is 0 Å². The Hall–Kier alpha value is -2.16. The molecule has 1 atom stereocenters. The van der Waals surface area contributed by atoms with Crippen LogP contribution in [0.3, 0.4) is 0 Å². The molecule has 1 amide bonds. The maximum absolute atomic E-state index is 12.3. The molecular formula is C26H39N3O5. The molecule has 1 aromatic heterocycles. The van der Waals surface area contributed by atoms with Crippen LogP contribution in [0, 0.1) is 5.92 Å². The number of ether oxygens (including phenoxy) is 3. The van der Waals surface area contributed by atoms with Crippen LogP contribution in [0.4, 0.5) is 4.79 Å². The third-order valence-corrected chi connectivity index (χ3v) is 6.74. The fourth-order valence-electron chi connectivity index (χ4n) is 4.77. The van der Waals surface area contributed by atoms with E-state index < -0.39 is 5.60 Å². The van der Waals surface area contributed by atoms with Crippen LogP contribution < -0.4 is 5.73 Å². The summed E-state index contributed by atoms with van der Waals surface area (Å²) in [7, 11) is 0. The summed E-state index contributed by atoms with van der Waals surface area (Å²) in [5.41, 5.74) is 9.27. The molecule has 8 nitrogen and oxygen atoms in total. The maximum Gasteiger partial charge on any atom is 0.410 e. The molecule has 4 rings (SSSR count). The van der Waals surface area contributed by atoms with E-state index in [0.717, 1.165) is 92.4 Å². The van der Waals surface area contributed by atoms with Gasteiger partial charge in [0.15, 0.2) is 11.9 Å². The van der Waals surface area contributed by atoms with Crippen LogP contribution in [0.25, 0.3) is 11.0 Å². The molecule has 34 heavy (non-hydrogen) atoms. The maximum atomic E-state index is 12.3. The Morgan fingerprint density at radius 1 is 1.21 bits per heavy atom. The number of amides is 1. The Balaban J connectivity index is 1.34. The fourth-order valence-corrected chi connectivity index (χ4v) is 4.77. The monoisotopic (exact) mass is 473 g/mol. The number of hydrogen-bond donors (Lipinski definition) is 1. The molecule has 2 aliphatic rings. The number of aromatic nitrogens is 1. The first-order valence-electron chi connectivity index (χ1n) is 12.6. The minimum absolute atomic E-state index is 0.163. The highest BCUT2D eigenvalue weighted by Gasteiger charge is 2.27. The molecule has 1 unspecified atom stereocenters.